The van der Waals surface area contributed by atoms with E-state index in [2.05, 4.69) is 45.4 Å². The molecular weight excluding hydrogens is 1200 g/mol. The number of hydrogen-bond donors (Lipinski definition) is 7. The Balaban J connectivity index is 0.000000171. The normalized spacial score (nSPS) is 20.0. The smallest absolute Gasteiger partial charge is 0.410 e. The zero-order chi connectivity index (χ0) is 65.0. The Hall–Kier alpha value is -8.90. The lowest BCUT2D eigenvalue weighted by Gasteiger charge is -2.45. The molecule has 0 aliphatic carbocycles. The third-order valence-electron chi connectivity index (χ3n) is 20.9. The van der Waals surface area contributed by atoms with Crippen LogP contribution in [0.25, 0.3) is 33.3 Å². The molecule has 94 heavy (non-hydrogen) atoms. The summed E-state index contributed by atoms with van der Waals surface area (Å²) in [6.07, 6.45) is 12.7. The molecule has 6 amide bonds. The predicted molar refractivity (Wildman–Crippen MR) is 357 cm³/mol. The molecule has 10 heterocycles. The zero-order valence-electron chi connectivity index (χ0n) is 54.0. The third kappa shape index (κ3) is 14.1. The average Bonchev–Trinajstić information content (AvgIpc) is 1.01. The van der Waals surface area contributed by atoms with Gasteiger partial charge < -0.3 is 74.4 Å². The average molecular weight is 1290 g/mol. The van der Waals surface area contributed by atoms with E-state index in [0.717, 1.165) is 108 Å². The highest BCUT2D eigenvalue weighted by Gasteiger charge is 2.44. The minimum absolute atomic E-state index is 0.0490. The molecule has 0 bridgehead atoms. The van der Waals surface area contributed by atoms with Crippen molar-refractivity contribution < 1.29 is 33.4 Å². The SMILES string of the molecule is Cc1cc(CC(OC(=O)N2CCC(n3cc(-c4ccccc4)[nH]c3=O)CC2)C(=O)N2CCC(N3CCCCC3)CC2)cc2[nH]c(=O)[nH]c12.Cc1cc(CC(OC(=O)N2CCC3(CC2)NC(=O)Nc2ccccc23)C(=O)N2CCC(N3CCCCC3)CC2)cc2[nH]c(=O)[nH]c12. The van der Waals surface area contributed by atoms with E-state index in [1.807, 2.05) is 109 Å². The van der Waals surface area contributed by atoms with Crippen molar-refractivity contribution in [2.45, 2.75) is 152 Å². The Bertz CT molecular complexity index is 4050. The van der Waals surface area contributed by atoms with Gasteiger partial charge in [0.1, 0.15) is 0 Å². The summed E-state index contributed by atoms with van der Waals surface area (Å²) in [5.41, 5.74) is 8.32. The van der Waals surface area contributed by atoms with Crippen molar-refractivity contribution in [1.82, 2.24) is 64.2 Å². The summed E-state index contributed by atoms with van der Waals surface area (Å²) in [5, 5.41) is 5.98. The Morgan fingerprint density at radius 2 is 0.968 bits per heavy atom. The van der Waals surface area contributed by atoms with E-state index in [1.165, 1.54) is 38.5 Å². The van der Waals surface area contributed by atoms with Crippen molar-refractivity contribution in [3.8, 4) is 11.3 Å². The molecule has 1 spiro atoms. The number of carbonyl (C=O) groups excluding carboxylic acids is 5. The van der Waals surface area contributed by atoms with E-state index >= 15 is 0 Å². The van der Waals surface area contributed by atoms with Gasteiger partial charge >= 0.3 is 35.3 Å². The second-order valence-corrected chi connectivity index (χ2v) is 26.9. The highest BCUT2D eigenvalue weighted by Crippen LogP contribution is 2.40. The number of aromatic amines is 5. The van der Waals surface area contributed by atoms with Crippen LogP contribution >= 0.6 is 0 Å². The van der Waals surface area contributed by atoms with E-state index in [9.17, 15) is 38.4 Å². The minimum atomic E-state index is -1.00. The van der Waals surface area contributed by atoms with Crippen LogP contribution in [0.2, 0.25) is 0 Å². The van der Waals surface area contributed by atoms with Crippen LogP contribution in [0.1, 0.15) is 124 Å². The van der Waals surface area contributed by atoms with Crippen molar-refractivity contribution in [1.29, 1.82) is 0 Å². The molecule has 2 atom stereocenters. The van der Waals surface area contributed by atoms with Crippen molar-refractivity contribution in [2.24, 2.45) is 0 Å². The monoisotopic (exact) mass is 1280 g/mol. The molecule has 7 aliphatic rings. The molecule has 24 nitrogen and oxygen atoms in total. The maximum absolute atomic E-state index is 14.1. The molecule has 7 aliphatic heterocycles. The first-order chi connectivity index (χ1) is 45.6. The van der Waals surface area contributed by atoms with E-state index in [0.29, 0.717) is 101 Å². The van der Waals surface area contributed by atoms with Gasteiger partial charge in [0, 0.05) is 101 Å². The van der Waals surface area contributed by atoms with Crippen LogP contribution < -0.4 is 27.7 Å². The number of aromatic nitrogens is 6. The number of carbonyl (C=O) groups is 5. The molecule has 2 unspecified atom stereocenters. The molecule has 4 aromatic carbocycles. The number of rotatable bonds is 12. The van der Waals surface area contributed by atoms with Crippen LogP contribution in [0.3, 0.4) is 0 Å². The number of likely N-dealkylation sites (tertiary alicyclic amines) is 6. The van der Waals surface area contributed by atoms with Crippen molar-refractivity contribution in [3.05, 3.63) is 144 Å². The van der Waals surface area contributed by atoms with Crippen LogP contribution in [0.5, 0.6) is 0 Å². The van der Waals surface area contributed by atoms with Crippen LogP contribution in [0, 0.1) is 13.8 Å². The zero-order valence-corrected chi connectivity index (χ0v) is 54.0. The number of hydrogen-bond acceptors (Lipinski definition) is 12. The fourth-order valence-electron chi connectivity index (χ4n) is 15.8. The number of piperidine rings is 6. The van der Waals surface area contributed by atoms with Crippen LogP contribution in [-0.2, 0) is 37.4 Å². The minimum Gasteiger partial charge on any atom is -0.436 e. The van der Waals surface area contributed by atoms with Gasteiger partial charge in [0.05, 0.1) is 33.3 Å². The van der Waals surface area contributed by atoms with Crippen molar-refractivity contribution in [2.75, 3.05) is 83.9 Å². The first-order valence-corrected chi connectivity index (χ1v) is 34.1. The topological polar surface area (TPSA) is 282 Å². The number of imidazole rings is 3. The molecular formula is C70H88N14O10. The molecule has 0 radical (unpaired) electrons. The highest BCUT2D eigenvalue weighted by atomic mass is 16.6. The second-order valence-electron chi connectivity index (χ2n) is 26.9. The first kappa shape index (κ1) is 63.8. The van der Waals surface area contributed by atoms with E-state index in [1.54, 1.807) is 14.4 Å². The van der Waals surface area contributed by atoms with Gasteiger partial charge in [-0.05, 0) is 163 Å². The number of urea groups is 1. The largest absolute Gasteiger partial charge is 0.436 e. The number of H-pyrrole nitrogens is 5. The van der Waals surface area contributed by atoms with Gasteiger partial charge in [0.15, 0.2) is 12.2 Å². The number of nitrogens with zero attached hydrogens (tertiary/aromatic N) is 7. The Morgan fingerprint density at radius 1 is 0.511 bits per heavy atom. The molecule has 3 aromatic heterocycles. The lowest BCUT2D eigenvalue weighted by Crippen LogP contribution is -2.58. The van der Waals surface area contributed by atoms with E-state index < -0.39 is 29.9 Å². The summed E-state index contributed by atoms with van der Waals surface area (Å²) >= 11 is 0. The number of amides is 6. The van der Waals surface area contributed by atoms with Crippen molar-refractivity contribution in [3.63, 3.8) is 0 Å². The van der Waals surface area contributed by atoms with Gasteiger partial charge in [-0.3, -0.25) is 14.2 Å². The molecule has 7 N–H and O–H groups in total. The lowest BCUT2D eigenvalue weighted by atomic mass is 9.79. The molecule has 14 rings (SSSR count). The van der Waals surface area contributed by atoms with Gasteiger partial charge in [-0.15, -0.1) is 0 Å². The Morgan fingerprint density at radius 3 is 1.48 bits per heavy atom. The van der Waals surface area contributed by atoms with Gasteiger partial charge in [0.2, 0.25) is 0 Å². The first-order valence-electron chi connectivity index (χ1n) is 34.1. The second kappa shape index (κ2) is 28.0. The van der Waals surface area contributed by atoms with Crippen molar-refractivity contribution >= 4 is 57.8 Å². The van der Waals surface area contributed by atoms with Crippen LogP contribution in [0.15, 0.2) is 99.4 Å². The Kier molecular flexibility index (Phi) is 19.0. The molecule has 0 saturated carbocycles. The fraction of sp³-hybridized carbons (Fsp3) is 0.514. The van der Waals surface area contributed by atoms with E-state index in [4.69, 9.17) is 9.47 Å². The number of fused-ring (bicyclic) bond motifs is 4. The van der Waals surface area contributed by atoms with Gasteiger partial charge in [0.25, 0.3) is 11.8 Å². The van der Waals surface area contributed by atoms with Gasteiger partial charge in [-0.25, -0.2) is 28.8 Å². The van der Waals surface area contributed by atoms with Crippen LogP contribution in [0.4, 0.5) is 20.1 Å². The molecule has 498 valence electrons. The number of anilines is 1. The van der Waals surface area contributed by atoms with Crippen LogP contribution in [-0.4, -0.2) is 192 Å². The summed E-state index contributed by atoms with van der Waals surface area (Å²) in [4.78, 5) is 131. The highest BCUT2D eigenvalue weighted by molar-refractivity contribution is 5.94. The summed E-state index contributed by atoms with van der Waals surface area (Å²) in [5.74, 6) is -0.359. The standard InChI is InChI=1S/C36H45N7O5.C34H43N7O5/c1-24-20-25(21-29-32(24)39-34(45)37-29)22-31(33(44)41-16-10-27(11-17-41)40-14-6-3-7-15-40)48-36(47)42-18-12-28(13-19-42)43-23-30(38-35(43)46)26-8-4-2-5-9-26;1-22-19-23(20-27-29(22)37-31(43)36-27)21-28(30(42)40-15-9-24(10-16-40)39-13-5-2-6-14-39)46-33(45)41-17-11-34(12-18-41)25-7-3-4-8-26(25)35-32(44)38-34/h2,4-5,8-9,20-21,23,27-28,31H,3,6-7,10-19,22H2,1H3,(H,38,46)(H2,37,39,45);3-4,7-8,19-20,24,28H,2,5-6,9-18,21H2,1H3,(H2,35,38,44)(H2,36,37,43). The fourth-order valence-corrected chi connectivity index (χ4v) is 15.8. The summed E-state index contributed by atoms with van der Waals surface area (Å²) in [7, 11) is 0. The lowest BCUT2D eigenvalue weighted by molar-refractivity contribution is -0.143. The van der Waals surface area contributed by atoms with Gasteiger partial charge in [-0.2, -0.15) is 0 Å². The maximum Gasteiger partial charge on any atom is 0.410 e. The van der Waals surface area contributed by atoms with Gasteiger partial charge in [-0.1, -0.05) is 73.5 Å². The predicted octanol–water partition coefficient (Wildman–Crippen LogP) is 8.00. The maximum atomic E-state index is 14.1. The third-order valence-corrected chi connectivity index (χ3v) is 20.9. The quantitative estimate of drug-likeness (QED) is 0.0613. The Labute approximate surface area is 545 Å². The number of nitrogens with one attached hydrogen (secondary N) is 7. The summed E-state index contributed by atoms with van der Waals surface area (Å²) in [6.45, 7) is 12.5. The number of benzene rings is 4. The van der Waals surface area contributed by atoms with E-state index in [-0.39, 0.29) is 53.8 Å². The molecule has 6 saturated heterocycles. The molecule has 24 heteroatoms. The summed E-state index contributed by atoms with van der Waals surface area (Å²) in [6, 6.07) is 25.7. The summed E-state index contributed by atoms with van der Waals surface area (Å²) < 4.78 is 13.9. The molecule has 7 aromatic rings. The molecule has 6 fully saturated rings. The number of para-hydroxylation sites is 1. The number of aryl methyl sites for hydroxylation is 2. The number of ether oxygens (including phenoxy) is 2.